The molecule has 0 saturated carbocycles. The van der Waals surface area contributed by atoms with E-state index in [0.717, 1.165) is 12.1 Å². The van der Waals surface area contributed by atoms with E-state index in [0.29, 0.717) is 17.5 Å². The zero-order chi connectivity index (χ0) is 20.1. The van der Waals surface area contributed by atoms with Crippen molar-refractivity contribution >= 4 is 23.3 Å². The standard InChI is InChI=1S/C19H20F2N2O4/c1-26-18(24)12-8-14(20)10(6-16(12)22)4-3-5-11-7-17(23)13(9-15(11)21)19(25)27-2/h6-9H,3-5,22-23H2,1-2H3. The van der Waals surface area contributed by atoms with Crippen LogP contribution in [-0.4, -0.2) is 26.2 Å². The summed E-state index contributed by atoms with van der Waals surface area (Å²) in [4.78, 5) is 23.0. The zero-order valence-corrected chi connectivity index (χ0v) is 15.0. The molecule has 144 valence electrons. The maximum absolute atomic E-state index is 14.2. The number of rotatable bonds is 6. The average molecular weight is 378 g/mol. The maximum atomic E-state index is 14.2. The monoisotopic (exact) mass is 378 g/mol. The molecule has 0 amide bonds. The van der Waals surface area contributed by atoms with Gasteiger partial charge in [0, 0.05) is 11.4 Å². The van der Waals surface area contributed by atoms with Crippen LogP contribution in [0.15, 0.2) is 24.3 Å². The van der Waals surface area contributed by atoms with Crippen LogP contribution in [0.25, 0.3) is 0 Å². The molecule has 0 unspecified atom stereocenters. The van der Waals surface area contributed by atoms with Crippen LogP contribution in [0.4, 0.5) is 20.2 Å². The third-order valence-corrected chi connectivity index (χ3v) is 4.14. The lowest BCUT2D eigenvalue weighted by atomic mass is 9.99. The van der Waals surface area contributed by atoms with Crippen LogP contribution in [-0.2, 0) is 22.3 Å². The number of hydrogen-bond donors (Lipinski definition) is 2. The molecule has 6 nitrogen and oxygen atoms in total. The number of anilines is 2. The molecule has 0 aromatic heterocycles. The summed E-state index contributed by atoms with van der Waals surface area (Å²) < 4.78 is 37.4. The number of methoxy groups -OCH3 is 2. The first-order valence-electron chi connectivity index (χ1n) is 8.10. The van der Waals surface area contributed by atoms with Crippen LogP contribution in [0.1, 0.15) is 38.3 Å². The van der Waals surface area contributed by atoms with Crippen molar-refractivity contribution in [2.45, 2.75) is 19.3 Å². The number of carbonyl (C=O) groups is 2. The smallest absolute Gasteiger partial charge is 0.340 e. The van der Waals surface area contributed by atoms with Gasteiger partial charge in [-0.1, -0.05) is 0 Å². The molecule has 2 aromatic carbocycles. The normalized spacial score (nSPS) is 10.5. The van der Waals surface area contributed by atoms with Crippen molar-refractivity contribution in [3.63, 3.8) is 0 Å². The Morgan fingerprint density at radius 2 is 1.19 bits per heavy atom. The van der Waals surface area contributed by atoms with Gasteiger partial charge in [-0.05, 0) is 54.7 Å². The van der Waals surface area contributed by atoms with Crippen molar-refractivity contribution in [3.05, 3.63) is 58.2 Å². The molecule has 0 atom stereocenters. The number of ether oxygens (including phenoxy) is 2. The fourth-order valence-corrected chi connectivity index (χ4v) is 2.70. The van der Waals surface area contributed by atoms with Crippen LogP contribution in [0.5, 0.6) is 0 Å². The summed E-state index contributed by atoms with van der Waals surface area (Å²) >= 11 is 0. The lowest BCUT2D eigenvalue weighted by molar-refractivity contribution is 0.0592. The molecular formula is C19H20F2N2O4. The second kappa shape index (κ2) is 8.48. The van der Waals surface area contributed by atoms with Crippen LogP contribution in [0.2, 0.25) is 0 Å². The predicted molar refractivity (Wildman–Crippen MR) is 96.3 cm³/mol. The molecule has 2 rings (SSSR count). The summed E-state index contributed by atoms with van der Waals surface area (Å²) in [7, 11) is 2.36. The van der Waals surface area contributed by atoms with E-state index in [2.05, 4.69) is 9.47 Å². The highest BCUT2D eigenvalue weighted by Crippen LogP contribution is 2.23. The number of hydrogen-bond acceptors (Lipinski definition) is 6. The molecular weight excluding hydrogens is 358 g/mol. The third kappa shape index (κ3) is 4.52. The Bertz CT molecular complexity index is 813. The predicted octanol–water partition coefficient (Wildman–Crippen LogP) is 2.88. The third-order valence-electron chi connectivity index (χ3n) is 4.14. The van der Waals surface area contributed by atoms with E-state index in [1.165, 1.54) is 26.4 Å². The molecule has 4 N–H and O–H groups in total. The van der Waals surface area contributed by atoms with E-state index in [9.17, 15) is 18.4 Å². The molecule has 27 heavy (non-hydrogen) atoms. The van der Waals surface area contributed by atoms with E-state index < -0.39 is 23.6 Å². The minimum atomic E-state index is -0.721. The van der Waals surface area contributed by atoms with E-state index in [4.69, 9.17) is 11.5 Å². The fraction of sp³-hybridized carbons (Fsp3) is 0.263. The fourth-order valence-electron chi connectivity index (χ4n) is 2.70. The van der Waals surface area contributed by atoms with Gasteiger partial charge in [0.05, 0.1) is 25.3 Å². The number of carbonyl (C=O) groups excluding carboxylic acids is 2. The lowest BCUT2D eigenvalue weighted by Crippen LogP contribution is -2.09. The zero-order valence-electron chi connectivity index (χ0n) is 15.0. The van der Waals surface area contributed by atoms with Crippen molar-refractivity contribution in [2.75, 3.05) is 25.7 Å². The van der Waals surface area contributed by atoms with Crippen LogP contribution >= 0.6 is 0 Å². The highest BCUT2D eigenvalue weighted by atomic mass is 19.1. The minimum Gasteiger partial charge on any atom is -0.465 e. The Morgan fingerprint density at radius 3 is 1.52 bits per heavy atom. The molecule has 0 spiro atoms. The highest BCUT2D eigenvalue weighted by molar-refractivity contribution is 5.95. The molecule has 0 saturated heterocycles. The van der Waals surface area contributed by atoms with Crippen molar-refractivity contribution in [1.82, 2.24) is 0 Å². The number of benzene rings is 2. The molecule has 0 fully saturated rings. The first kappa shape index (κ1) is 20.2. The summed E-state index contributed by atoms with van der Waals surface area (Å²) in [6.07, 6.45) is 0.951. The largest absolute Gasteiger partial charge is 0.465 e. The summed E-state index contributed by atoms with van der Waals surface area (Å²) in [5, 5.41) is 0. The molecule has 0 aliphatic carbocycles. The van der Waals surface area contributed by atoms with Gasteiger partial charge in [-0.3, -0.25) is 0 Å². The highest BCUT2D eigenvalue weighted by Gasteiger charge is 2.16. The Kier molecular flexibility index (Phi) is 6.33. The van der Waals surface area contributed by atoms with E-state index in [1.807, 2.05) is 0 Å². The van der Waals surface area contributed by atoms with Gasteiger partial charge in [0.1, 0.15) is 11.6 Å². The van der Waals surface area contributed by atoms with Gasteiger partial charge in [0.15, 0.2) is 0 Å². The average Bonchev–Trinajstić information content (AvgIpc) is 2.65. The molecule has 2 aromatic rings. The van der Waals surface area contributed by atoms with Crippen molar-refractivity contribution in [1.29, 1.82) is 0 Å². The first-order chi connectivity index (χ1) is 12.8. The van der Waals surface area contributed by atoms with Crippen molar-refractivity contribution in [3.8, 4) is 0 Å². The molecule has 0 aliphatic heterocycles. The van der Waals surface area contributed by atoms with Gasteiger partial charge in [-0.25, -0.2) is 18.4 Å². The lowest BCUT2D eigenvalue weighted by Gasteiger charge is -2.10. The van der Waals surface area contributed by atoms with Crippen LogP contribution in [0, 0.1) is 11.6 Å². The van der Waals surface area contributed by atoms with E-state index >= 15 is 0 Å². The van der Waals surface area contributed by atoms with Gasteiger partial charge in [-0.15, -0.1) is 0 Å². The van der Waals surface area contributed by atoms with Gasteiger partial charge in [0.25, 0.3) is 0 Å². The molecule has 0 radical (unpaired) electrons. The Balaban J connectivity index is 2.11. The molecule has 0 aliphatic rings. The van der Waals surface area contributed by atoms with E-state index in [1.54, 1.807) is 0 Å². The summed E-state index contributed by atoms with van der Waals surface area (Å²) in [5.74, 6) is -2.63. The number of aryl methyl sites for hydroxylation is 2. The Labute approximate surface area is 155 Å². The maximum Gasteiger partial charge on any atom is 0.340 e. The number of nitrogens with two attached hydrogens (primary N) is 2. The molecule has 0 bridgehead atoms. The summed E-state index contributed by atoms with van der Waals surface area (Å²) in [6, 6.07) is 4.79. The number of esters is 2. The Hall–Kier alpha value is -3.16. The van der Waals surface area contributed by atoms with Gasteiger partial charge in [0.2, 0.25) is 0 Å². The second-order valence-corrected chi connectivity index (χ2v) is 5.90. The van der Waals surface area contributed by atoms with Gasteiger partial charge in [-0.2, -0.15) is 0 Å². The van der Waals surface area contributed by atoms with Crippen LogP contribution in [0.3, 0.4) is 0 Å². The minimum absolute atomic E-state index is 0.0454. The summed E-state index contributed by atoms with van der Waals surface area (Å²) in [6.45, 7) is 0. The summed E-state index contributed by atoms with van der Waals surface area (Å²) in [5.41, 5.74) is 12.3. The number of nitrogen functional groups attached to an aromatic ring is 2. The van der Waals surface area contributed by atoms with Gasteiger partial charge >= 0.3 is 11.9 Å². The van der Waals surface area contributed by atoms with Crippen molar-refractivity contribution < 1.29 is 27.8 Å². The molecule has 0 heterocycles. The first-order valence-corrected chi connectivity index (χ1v) is 8.10. The second-order valence-electron chi connectivity index (χ2n) is 5.90. The topological polar surface area (TPSA) is 105 Å². The van der Waals surface area contributed by atoms with Gasteiger partial charge < -0.3 is 20.9 Å². The van der Waals surface area contributed by atoms with Crippen molar-refractivity contribution in [2.24, 2.45) is 0 Å². The molecule has 8 heteroatoms. The quantitative estimate of drug-likeness (QED) is 0.592. The van der Waals surface area contributed by atoms with E-state index in [-0.39, 0.29) is 35.3 Å². The van der Waals surface area contributed by atoms with Crippen LogP contribution < -0.4 is 11.5 Å². The SMILES string of the molecule is COC(=O)c1cc(F)c(CCCc2cc(N)c(C(=O)OC)cc2F)cc1N. The Morgan fingerprint density at radius 1 is 0.815 bits per heavy atom. The number of halogens is 2.